The molecule has 2 N–H and O–H groups in total. The van der Waals surface area contributed by atoms with Gasteiger partial charge in [-0.05, 0) is 49.7 Å². The molecular formula is C37H50BrN3O7. The van der Waals surface area contributed by atoms with E-state index >= 15 is 4.79 Å². The Bertz CT molecular complexity index is 1470. The third-order valence-electron chi connectivity index (χ3n) is 10.1. The summed E-state index contributed by atoms with van der Waals surface area (Å²) in [4.78, 5) is 60.5. The van der Waals surface area contributed by atoms with E-state index in [-0.39, 0.29) is 49.3 Å². The SMILES string of the molecule is CC(C)[C@H](CO)N1C(=O)[C@@H]2[C@H]3C(=O)O[C@@H](c4ccccc4)CNC(=O)CC/C=C\CN(C(C)(C)CC(C)(C)C)C(=O)[C@@H]1[C@]21C=C(Br)[C@H]3O1. The van der Waals surface area contributed by atoms with Crippen molar-refractivity contribution in [2.75, 3.05) is 19.7 Å². The highest BCUT2D eigenvalue weighted by atomic mass is 79.9. The molecule has 5 rings (SSSR count). The van der Waals surface area contributed by atoms with Gasteiger partial charge in [0.2, 0.25) is 17.7 Å². The minimum absolute atomic E-state index is 0.0548. The van der Waals surface area contributed by atoms with Gasteiger partial charge in [0, 0.05) is 23.0 Å². The number of nitrogens with one attached hydrogen (secondary N) is 1. The molecule has 0 unspecified atom stereocenters. The van der Waals surface area contributed by atoms with Crippen molar-refractivity contribution in [1.29, 1.82) is 0 Å². The average molecular weight is 729 g/mol. The molecule has 262 valence electrons. The van der Waals surface area contributed by atoms with Crippen molar-refractivity contribution in [3.63, 3.8) is 0 Å². The molecule has 48 heavy (non-hydrogen) atoms. The Morgan fingerprint density at radius 1 is 1.04 bits per heavy atom. The van der Waals surface area contributed by atoms with Crippen LogP contribution in [0.2, 0.25) is 0 Å². The number of cyclic esters (lactones) is 1. The predicted octanol–water partition coefficient (Wildman–Crippen LogP) is 4.67. The van der Waals surface area contributed by atoms with Crippen molar-refractivity contribution in [2.24, 2.45) is 23.2 Å². The molecule has 10 nitrogen and oxygen atoms in total. The Kier molecular flexibility index (Phi) is 10.4. The Morgan fingerprint density at radius 2 is 1.73 bits per heavy atom. The molecule has 1 aromatic rings. The Labute approximate surface area is 292 Å². The number of ether oxygens (including phenoxy) is 2. The van der Waals surface area contributed by atoms with E-state index < -0.39 is 59.1 Å². The Balaban J connectivity index is 1.66. The number of amides is 3. The number of nitrogens with zero attached hydrogens (tertiary/aromatic N) is 2. The van der Waals surface area contributed by atoms with Gasteiger partial charge in [0.15, 0.2) is 0 Å². The maximum absolute atomic E-state index is 15.2. The maximum Gasteiger partial charge on any atom is 0.313 e. The molecule has 4 heterocycles. The van der Waals surface area contributed by atoms with Gasteiger partial charge in [-0.3, -0.25) is 19.2 Å². The van der Waals surface area contributed by atoms with Gasteiger partial charge in [-0.1, -0.05) is 93.0 Å². The number of halogens is 1. The fourth-order valence-corrected chi connectivity index (χ4v) is 9.02. The topological polar surface area (TPSA) is 125 Å². The molecule has 0 aliphatic carbocycles. The van der Waals surface area contributed by atoms with Crippen molar-refractivity contribution < 1.29 is 33.8 Å². The largest absolute Gasteiger partial charge is 0.455 e. The van der Waals surface area contributed by atoms with Crippen LogP contribution in [-0.2, 0) is 28.7 Å². The second-order valence-electron chi connectivity index (χ2n) is 15.7. The van der Waals surface area contributed by atoms with Crippen LogP contribution in [0.5, 0.6) is 0 Å². The zero-order valence-corrected chi connectivity index (χ0v) is 30.7. The summed E-state index contributed by atoms with van der Waals surface area (Å²) in [7, 11) is 0. The molecule has 2 saturated heterocycles. The monoisotopic (exact) mass is 727 g/mol. The van der Waals surface area contributed by atoms with Gasteiger partial charge < -0.3 is 29.7 Å². The van der Waals surface area contributed by atoms with E-state index in [4.69, 9.17) is 9.47 Å². The molecule has 0 saturated carbocycles. The van der Waals surface area contributed by atoms with Crippen LogP contribution in [0.25, 0.3) is 0 Å². The normalized spacial score (nSPS) is 31.5. The molecule has 0 aromatic heterocycles. The van der Waals surface area contributed by atoms with Gasteiger partial charge >= 0.3 is 5.97 Å². The third-order valence-corrected chi connectivity index (χ3v) is 10.7. The number of rotatable bonds is 6. The zero-order chi connectivity index (χ0) is 35.2. The Hall–Kier alpha value is -3.02. The smallest absolute Gasteiger partial charge is 0.313 e. The summed E-state index contributed by atoms with van der Waals surface area (Å²) in [6, 6.07) is 7.32. The summed E-state index contributed by atoms with van der Waals surface area (Å²) in [6.07, 6.45) is 5.27. The Morgan fingerprint density at radius 3 is 2.35 bits per heavy atom. The van der Waals surface area contributed by atoms with Crippen molar-refractivity contribution in [1.82, 2.24) is 15.1 Å². The van der Waals surface area contributed by atoms with E-state index in [1.54, 1.807) is 11.0 Å². The van der Waals surface area contributed by atoms with Crippen molar-refractivity contribution in [3.8, 4) is 0 Å². The molecular weight excluding hydrogens is 678 g/mol. The quantitative estimate of drug-likeness (QED) is 0.322. The first kappa shape index (κ1) is 36.3. The molecule has 4 aliphatic heterocycles. The van der Waals surface area contributed by atoms with Crippen molar-refractivity contribution >= 4 is 39.6 Å². The maximum atomic E-state index is 15.2. The van der Waals surface area contributed by atoms with Crippen LogP contribution in [0.1, 0.15) is 79.4 Å². The standard InChI is InChI=1S/C37H50BrN3O7/c1-22(2)25(20-42)41-31-33(45)40(36(6,7)21-35(3,4)5)17-13-9-12-16-27(43)39-19-26(23-14-10-8-11-15-23)47-34(46)28-29(32(41)44)37(31)18-24(38)30(28)48-37/h8-11,13-15,18,22,25-26,28-31,42H,12,16-17,19-21H2,1-7H3,(H,39,43)/b13-9-/t25-,26+,28+,29-,30+,31+,37-/m0/s1. The molecule has 4 aliphatic rings. The number of hydrogen-bond acceptors (Lipinski definition) is 7. The zero-order valence-electron chi connectivity index (χ0n) is 29.1. The first-order valence-corrected chi connectivity index (χ1v) is 17.8. The van der Waals surface area contributed by atoms with Crippen LogP contribution < -0.4 is 5.32 Å². The molecule has 5 bridgehead atoms. The van der Waals surface area contributed by atoms with E-state index in [9.17, 15) is 19.5 Å². The van der Waals surface area contributed by atoms with E-state index in [0.717, 1.165) is 0 Å². The number of fused-ring (bicyclic) bond motifs is 2. The molecule has 3 amide bonds. The van der Waals surface area contributed by atoms with Crippen LogP contribution >= 0.6 is 15.9 Å². The number of esters is 1. The lowest BCUT2D eigenvalue weighted by atomic mass is 9.74. The lowest BCUT2D eigenvalue weighted by Gasteiger charge is -2.46. The second-order valence-corrected chi connectivity index (χ2v) is 16.6. The van der Waals surface area contributed by atoms with Gasteiger partial charge in [-0.2, -0.15) is 0 Å². The van der Waals surface area contributed by atoms with Crippen LogP contribution in [-0.4, -0.2) is 87.6 Å². The molecule has 2 fully saturated rings. The molecule has 1 spiro atoms. The highest BCUT2D eigenvalue weighted by Crippen LogP contribution is 2.59. The third kappa shape index (κ3) is 6.74. The van der Waals surface area contributed by atoms with Gasteiger partial charge in [0.05, 0.1) is 25.1 Å². The molecule has 7 atom stereocenters. The van der Waals surface area contributed by atoms with Gasteiger partial charge in [-0.15, -0.1) is 0 Å². The van der Waals surface area contributed by atoms with E-state index in [1.807, 2.05) is 70.2 Å². The average Bonchev–Trinajstić information content (AvgIpc) is 3.59. The fourth-order valence-electron chi connectivity index (χ4n) is 8.28. The minimum atomic E-state index is -1.46. The van der Waals surface area contributed by atoms with E-state index in [1.165, 1.54) is 4.90 Å². The number of hydrogen-bond donors (Lipinski definition) is 2. The summed E-state index contributed by atoms with van der Waals surface area (Å²) in [5, 5.41) is 13.6. The van der Waals surface area contributed by atoms with Crippen LogP contribution in [0.15, 0.2) is 53.0 Å². The number of likely N-dealkylation sites (tertiary alicyclic amines) is 1. The lowest BCUT2D eigenvalue weighted by Crippen LogP contribution is -2.63. The number of aliphatic hydroxyl groups is 1. The number of carbonyl (C=O) groups is 4. The van der Waals surface area contributed by atoms with Crippen LogP contribution in [0.4, 0.5) is 0 Å². The first-order valence-electron chi connectivity index (χ1n) is 17.0. The summed E-state index contributed by atoms with van der Waals surface area (Å²) in [5.74, 6) is -3.89. The number of benzene rings is 1. The fraction of sp³-hybridized carbons (Fsp3) is 0.622. The predicted molar refractivity (Wildman–Crippen MR) is 184 cm³/mol. The summed E-state index contributed by atoms with van der Waals surface area (Å²) < 4.78 is 13.4. The second kappa shape index (κ2) is 13.7. The van der Waals surface area contributed by atoms with E-state index in [2.05, 4.69) is 42.0 Å². The minimum Gasteiger partial charge on any atom is -0.455 e. The first-order chi connectivity index (χ1) is 22.5. The van der Waals surface area contributed by atoms with Crippen LogP contribution in [0.3, 0.4) is 0 Å². The van der Waals surface area contributed by atoms with Gasteiger partial charge in [0.25, 0.3) is 0 Å². The van der Waals surface area contributed by atoms with Crippen molar-refractivity contribution in [2.45, 2.75) is 103 Å². The summed E-state index contributed by atoms with van der Waals surface area (Å²) >= 11 is 3.62. The lowest BCUT2D eigenvalue weighted by molar-refractivity contribution is -0.161. The molecule has 0 radical (unpaired) electrons. The van der Waals surface area contributed by atoms with Crippen molar-refractivity contribution in [3.05, 3.63) is 58.6 Å². The summed E-state index contributed by atoms with van der Waals surface area (Å²) in [5.41, 5.74) is -1.56. The number of carbonyl (C=O) groups excluding carboxylic acids is 4. The highest BCUT2D eigenvalue weighted by molar-refractivity contribution is 9.11. The highest BCUT2D eigenvalue weighted by Gasteiger charge is 2.76. The molecule has 11 heteroatoms. The van der Waals surface area contributed by atoms with E-state index in [0.29, 0.717) is 22.9 Å². The van der Waals surface area contributed by atoms with Gasteiger partial charge in [0.1, 0.15) is 29.8 Å². The van der Waals surface area contributed by atoms with Crippen LogP contribution in [0, 0.1) is 23.2 Å². The molecule has 1 aromatic carbocycles. The number of aliphatic hydroxyl groups excluding tert-OH is 1. The van der Waals surface area contributed by atoms with Gasteiger partial charge in [-0.25, -0.2) is 0 Å². The summed E-state index contributed by atoms with van der Waals surface area (Å²) in [6.45, 7) is 14.1. The number of allylic oxidation sites excluding steroid dienone is 1.